The molecule has 0 aliphatic carbocycles. The Morgan fingerprint density at radius 2 is 2.62 bits per heavy atom. The Bertz CT molecular complexity index is 327. The first kappa shape index (κ1) is 8.77. The molecule has 1 aliphatic heterocycles. The molecule has 2 amide bonds. The van der Waals surface area contributed by atoms with Gasteiger partial charge in [-0.05, 0) is 0 Å². The summed E-state index contributed by atoms with van der Waals surface area (Å²) in [5.41, 5.74) is 0.854. The van der Waals surface area contributed by atoms with E-state index in [1.165, 1.54) is 11.3 Å². The summed E-state index contributed by atoms with van der Waals surface area (Å²) >= 11 is 7.06. The maximum Gasteiger partial charge on any atom is 0.317 e. The van der Waals surface area contributed by atoms with Gasteiger partial charge in [-0.1, -0.05) is 11.6 Å². The van der Waals surface area contributed by atoms with Crippen LogP contribution in [-0.4, -0.2) is 29.0 Å². The van der Waals surface area contributed by atoms with E-state index in [-0.39, 0.29) is 6.03 Å². The lowest BCUT2D eigenvalue weighted by atomic mass is 10.4. The predicted molar refractivity (Wildman–Crippen MR) is 50.9 cm³/mol. The molecule has 0 radical (unpaired) electrons. The summed E-state index contributed by atoms with van der Waals surface area (Å²) < 4.78 is 0.523. The molecule has 0 spiro atoms. The molecule has 2 heterocycles. The van der Waals surface area contributed by atoms with Crippen molar-refractivity contribution in [2.24, 2.45) is 0 Å². The number of aromatic nitrogens is 1. The average Bonchev–Trinajstić information content (AvgIpc) is 2.64. The van der Waals surface area contributed by atoms with E-state index in [9.17, 15) is 4.79 Å². The first-order chi connectivity index (χ1) is 6.25. The molecule has 1 aromatic heterocycles. The van der Waals surface area contributed by atoms with Crippen molar-refractivity contribution in [2.75, 3.05) is 13.1 Å². The zero-order chi connectivity index (χ0) is 9.26. The van der Waals surface area contributed by atoms with Crippen LogP contribution in [0.2, 0.25) is 4.47 Å². The van der Waals surface area contributed by atoms with E-state index >= 15 is 0 Å². The molecular weight excluding hydrogens is 210 g/mol. The Kier molecular flexibility index (Phi) is 2.37. The highest BCUT2D eigenvalue weighted by molar-refractivity contribution is 7.13. The summed E-state index contributed by atoms with van der Waals surface area (Å²) in [6, 6.07) is -0.0240. The second-order valence-corrected chi connectivity index (χ2v) is 4.19. The molecule has 0 atom stereocenters. The third kappa shape index (κ3) is 1.92. The highest BCUT2D eigenvalue weighted by Crippen LogP contribution is 2.16. The third-order valence-electron chi connectivity index (χ3n) is 1.82. The SMILES string of the molecule is O=C1NCCN1Cc1csc(Cl)n1. The molecule has 0 saturated carbocycles. The fourth-order valence-corrected chi connectivity index (χ4v) is 1.99. The molecule has 1 aliphatic rings. The smallest absolute Gasteiger partial charge is 0.317 e. The maximum atomic E-state index is 11.1. The van der Waals surface area contributed by atoms with Crippen molar-refractivity contribution in [1.29, 1.82) is 0 Å². The van der Waals surface area contributed by atoms with Crippen molar-refractivity contribution in [3.63, 3.8) is 0 Å². The monoisotopic (exact) mass is 217 g/mol. The maximum absolute atomic E-state index is 11.1. The van der Waals surface area contributed by atoms with E-state index in [2.05, 4.69) is 10.3 Å². The van der Waals surface area contributed by atoms with E-state index in [0.29, 0.717) is 11.0 Å². The summed E-state index contributed by atoms with van der Waals surface area (Å²) in [4.78, 5) is 16.9. The number of hydrogen-bond acceptors (Lipinski definition) is 3. The van der Waals surface area contributed by atoms with E-state index in [1.807, 2.05) is 5.38 Å². The van der Waals surface area contributed by atoms with Gasteiger partial charge in [0.25, 0.3) is 0 Å². The minimum atomic E-state index is -0.0240. The molecule has 1 N–H and O–H groups in total. The van der Waals surface area contributed by atoms with Crippen LogP contribution in [0.3, 0.4) is 0 Å². The number of rotatable bonds is 2. The Morgan fingerprint density at radius 1 is 1.77 bits per heavy atom. The minimum absolute atomic E-state index is 0.0240. The fourth-order valence-electron chi connectivity index (χ4n) is 1.21. The number of amides is 2. The molecule has 6 heteroatoms. The lowest BCUT2D eigenvalue weighted by molar-refractivity contribution is 0.215. The summed E-state index contributed by atoms with van der Waals surface area (Å²) in [5.74, 6) is 0. The highest BCUT2D eigenvalue weighted by atomic mass is 35.5. The molecule has 0 unspecified atom stereocenters. The molecule has 0 aromatic carbocycles. The second-order valence-electron chi connectivity index (χ2n) is 2.75. The molecular formula is C7H8ClN3OS. The standard InChI is InChI=1S/C7H8ClN3OS/c8-6-10-5(4-13-6)3-11-2-1-9-7(11)12/h4H,1-3H2,(H,9,12). The largest absolute Gasteiger partial charge is 0.336 e. The van der Waals surface area contributed by atoms with E-state index in [4.69, 9.17) is 11.6 Å². The van der Waals surface area contributed by atoms with Gasteiger partial charge in [-0.15, -0.1) is 11.3 Å². The lowest BCUT2D eigenvalue weighted by Crippen LogP contribution is -2.27. The second kappa shape index (κ2) is 3.51. The molecule has 1 fully saturated rings. The zero-order valence-corrected chi connectivity index (χ0v) is 8.36. The number of nitrogens with one attached hydrogen (secondary N) is 1. The van der Waals surface area contributed by atoms with Crippen LogP contribution >= 0.6 is 22.9 Å². The van der Waals surface area contributed by atoms with Gasteiger partial charge in [0.1, 0.15) is 0 Å². The zero-order valence-electron chi connectivity index (χ0n) is 6.79. The molecule has 13 heavy (non-hydrogen) atoms. The number of carbonyl (C=O) groups is 1. The van der Waals surface area contributed by atoms with Crippen LogP contribution in [0.1, 0.15) is 5.69 Å². The molecule has 2 rings (SSSR count). The predicted octanol–water partition coefficient (Wildman–Crippen LogP) is 1.32. The first-order valence-electron chi connectivity index (χ1n) is 3.88. The normalized spacial score (nSPS) is 16.4. The van der Waals surface area contributed by atoms with E-state index < -0.39 is 0 Å². The van der Waals surface area contributed by atoms with Gasteiger partial charge in [0, 0.05) is 18.5 Å². The molecule has 4 nitrogen and oxygen atoms in total. The minimum Gasteiger partial charge on any atom is -0.336 e. The van der Waals surface area contributed by atoms with Crippen LogP contribution in [0.4, 0.5) is 4.79 Å². The quantitative estimate of drug-likeness (QED) is 0.812. The van der Waals surface area contributed by atoms with E-state index in [0.717, 1.165) is 18.8 Å². The lowest BCUT2D eigenvalue weighted by Gasteiger charge is -2.11. The Morgan fingerprint density at radius 3 is 3.15 bits per heavy atom. The average molecular weight is 218 g/mol. The van der Waals surface area contributed by atoms with Crippen molar-refractivity contribution < 1.29 is 4.79 Å². The van der Waals surface area contributed by atoms with Crippen LogP contribution in [0, 0.1) is 0 Å². The van der Waals surface area contributed by atoms with Crippen LogP contribution in [-0.2, 0) is 6.54 Å². The highest BCUT2D eigenvalue weighted by Gasteiger charge is 2.19. The summed E-state index contributed by atoms with van der Waals surface area (Å²) in [6.07, 6.45) is 0. The molecule has 1 aromatic rings. The Balaban J connectivity index is 2.01. The van der Waals surface area contributed by atoms with Gasteiger partial charge in [-0.3, -0.25) is 0 Å². The number of thiazole rings is 1. The molecule has 70 valence electrons. The van der Waals surface area contributed by atoms with Crippen molar-refractivity contribution in [2.45, 2.75) is 6.54 Å². The van der Waals surface area contributed by atoms with E-state index in [1.54, 1.807) is 4.90 Å². The molecule has 0 bridgehead atoms. The number of urea groups is 1. The van der Waals surface area contributed by atoms with Gasteiger partial charge in [0.05, 0.1) is 12.2 Å². The first-order valence-corrected chi connectivity index (χ1v) is 5.14. The van der Waals surface area contributed by atoms with Crippen molar-refractivity contribution in [3.05, 3.63) is 15.5 Å². The van der Waals surface area contributed by atoms with Crippen molar-refractivity contribution in [1.82, 2.24) is 15.2 Å². The number of carbonyl (C=O) groups excluding carboxylic acids is 1. The van der Waals surface area contributed by atoms with Gasteiger partial charge in [0.15, 0.2) is 4.47 Å². The summed E-state index contributed by atoms with van der Waals surface area (Å²) in [6.45, 7) is 2.01. The topological polar surface area (TPSA) is 45.2 Å². The van der Waals surface area contributed by atoms with Gasteiger partial charge < -0.3 is 10.2 Å². The number of halogens is 1. The van der Waals surface area contributed by atoms with Gasteiger partial charge >= 0.3 is 6.03 Å². The van der Waals surface area contributed by atoms with Crippen molar-refractivity contribution in [3.8, 4) is 0 Å². The third-order valence-corrected chi connectivity index (χ3v) is 2.85. The number of nitrogens with zero attached hydrogens (tertiary/aromatic N) is 2. The van der Waals surface area contributed by atoms with Gasteiger partial charge in [-0.25, -0.2) is 9.78 Å². The fraction of sp³-hybridized carbons (Fsp3) is 0.429. The van der Waals surface area contributed by atoms with Crippen LogP contribution < -0.4 is 5.32 Å². The van der Waals surface area contributed by atoms with Gasteiger partial charge in [0.2, 0.25) is 0 Å². The van der Waals surface area contributed by atoms with Crippen LogP contribution in [0.15, 0.2) is 5.38 Å². The van der Waals surface area contributed by atoms with Crippen LogP contribution in [0.25, 0.3) is 0 Å². The summed E-state index contributed by atoms with van der Waals surface area (Å²) in [7, 11) is 0. The van der Waals surface area contributed by atoms with Gasteiger partial charge in [-0.2, -0.15) is 0 Å². The molecule has 1 saturated heterocycles. The Hall–Kier alpha value is -0.810. The number of hydrogen-bond donors (Lipinski definition) is 1. The summed E-state index contributed by atoms with van der Waals surface area (Å²) in [5, 5.41) is 4.60. The van der Waals surface area contributed by atoms with Crippen LogP contribution in [0.5, 0.6) is 0 Å². The Labute approximate surface area is 84.5 Å². The van der Waals surface area contributed by atoms with Crippen molar-refractivity contribution >= 4 is 29.0 Å².